The summed E-state index contributed by atoms with van der Waals surface area (Å²) < 4.78 is 0. The van der Waals surface area contributed by atoms with Crippen LogP contribution in [0.25, 0.3) is 0 Å². The lowest BCUT2D eigenvalue weighted by atomic mass is 10.0. The van der Waals surface area contributed by atoms with E-state index in [1.165, 1.54) is 29.5 Å². The summed E-state index contributed by atoms with van der Waals surface area (Å²) in [7, 11) is 0. The standard InChI is InChI=1S/C18H20N2S/c19-18(21)16-9-7-14(8-10-16)12-20-11-3-6-15-4-1-2-5-17(15)13-20/h1-2,4-5,7-10H,3,6,11-13H2,(H2,19,21). The van der Waals surface area contributed by atoms with E-state index in [1.807, 2.05) is 12.1 Å². The van der Waals surface area contributed by atoms with Crippen molar-refractivity contribution in [1.29, 1.82) is 0 Å². The van der Waals surface area contributed by atoms with E-state index < -0.39 is 0 Å². The molecule has 2 aromatic carbocycles. The highest BCUT2D eigenvalue weighted by atomic mass is 32.1. The van der Waals surface area contributed by atoms with Gasteiger partial charge in [-0.3, -0.25) is 4.90 Å². The van der Waals surface area contributed by atoms with Crippen LogP contribution in [-0.2, 0) is 19.5 Å². The van der Waals surface area contributed by atoms with Crippen molar-refractivity contribution in [2.45, 2.75) is 25.9 Å². The molecule has 0 spiro atoms. The van der Waals surface area contributed by atoms with E-state index in [1.54, 1.807) is 0 Å². The molecule has 0 saturated carbocycles. The number of nitrogens with two attached hydrogens (primary N) is 1. The molecule has 1 aliphatic rings. The molecule has 0 bridgehead atoms. The smallest absolute Gasteiger partial charge is 0.103 e. The second-order valence-corrected chi connectivity index (χ2v) is 6.08. The van der Waals surface area contributed by atoms with Crippen LogP contribution in [0.4, 0.5) is 0 Å². The first-order valence-corrected chi connectivity index (χ1v) is 7.81. The quantitative estimate of drug-likeness (QED) is 0.882. The molecule has 108 valence electrons. The van der Waals surface area contributed by atoms with E-state index in [0.717, 1.165) is 25.2 Å². The van der Waals surface area contributed by atoms with Gasteiger partial charge in [0.05, 0.1) is 0 Å². The van der Waals surface area contributed by atoms with Crippen LogP contribution in [0.5, 0.6) is 0 Å². The number of rotatable bonds is 3. The average Bonchev–Trinajstić information content (AvgIpc) is 2.69. The number of thiocarbonyl (C=S) groups is 1. The molecular formula is C18H20N2S. The van der Waals surface area contributed by atoms with Gasteiger partial charge in [-0.1, -0.05) is 60.7 Å². The van der Waals surface area contributed by atoms with Crippen molar-refractivity contribution in [2.75, 3.05) is 6.54 Å². The summed E-state index contributed by atoms with van der Waals surface area (Å²) in [4.78, 5) is 2.98. The van der Waals surface area contributed by atoms with Crippen molar-refractivity contribution in [3.05, 3.63) is 70.8 Å². The molecule has 0 amide bonds. The van der Waals surface area contributed by atoms with Crippen molar-refractivity contribution in [3.8, 4) is 0 Å². The van der Waals surface area contributed by atoms with Crippen LogP contribution < -0.4 is 5.73 Å². The molecule has 0 fully saturated rings. The lowest BCUT2D eigenvalue weighted by Crippen LogP contribution is -2.22. The maximum absolute atomic E-state index is 5.64. The van der Waals surface area contributed by atoms with Gasteiger partial charge >= 0.3 is 0 Å². The normalized spacial score (nSPS) is 15.2. The lowest BCUT2D eigenvalue weighted by Gasteiger charge is -2.20. The molecule has 0 radical (unpaired) electrons. The molecule has 21 heavy (non-hydrogen) atoms. The Morgan fingerprint density at radius 1 is 1.05 bits per heavy atom. The summed E-state index contributed by atoms with van der Waals surface area (Å²) in [6.45, 7) is 3.16. The van der Waals surface area contributed by atoms with Crippen LogP contribution in [0.2, 0.25) is 0 Å². The van der Waals surface area contributed by atoms with Crippen LogP contribution in [0.3, 0.4) is 0 Å². The van der Waals surface area contributed by atoms with E-state index in [-0.39, 0.29) is 0 Å². The monoisotopic (exact) mass is 296 g/mol. The van der Waals surface area contributed by atoms with Crippen molar-refractivity contribution >= 4 is 17.2 Å². The Morgan fingerprint density at radius 2 is 1.76 bits per heavy atom. The average molecular weight is 296 g/mol. The van der Waals surface area contributed by atoms with E-state index >= 15 is 0 Å². The predicted octanol–water partition coefficient (Wildman–Crippen LogP) is 3.27. The zero-order chi connectivity index (χ0) is 14.7. The Labute approximate surface area is 131 Å². The molecule has 3 rings (SSSR count). The molecule has 1 heterocycles. The van der Waals surface area contributed by atoms with E-state index in [9.17, 15) is 0 Å². The summed E-state index contributed by atoms with van der Waals surface area (Å²) in [6, 6.07) is 17.1. The number of benzene rings is 2. The first kappa shape index (κ1) is 14.2. The summed E-state index contributed by atoms with van der Waals surface area (Å²) in [5.41, 5.74) is 10.9. The summed E-state index contributed by atoms with van der Waals surface area (Å²) in [5, 5.41) is 0. The topological polar surface area (TPSA) is 29.3 Å². The van der Waals surface area contributed by atoms with Gasteiger partial charge in [-0.05, 0) is 36.1 Å². The first-order valence-electron chi connectivity index (χ1n) is 7.40. The minimum atomic E-state index is 0.463. The number of hydrogen-bond acceptors (Lipinski definition) is 2. The molecule has 0 aromatic heterocycles. The molecule has 0 unspecified atom stereocenters. The minimum absolute atomic E-state index is 0.463. The van der Waals surface area contributed by atoms with Gasteiger partial charge in [-0.25, -0.2) is 0 Å². The summed E-state index contributed by atoms with van der Waals surface area (Å²) in [6.07, 6.45) is 2.41. The van der Waals surface area contributed by atoms with Gasteiger partial charge in [-0.2, -0.15) is 0 Å². The third kappa shape index (κ3) is 3.49. The van der Waals surface area contributed by atoms with Crippen LogP contribution in [0.15, 0.2) is 48.5 Å². The molecule has 0 atom stereocenters. The molecular weight excluding hydrogens is 276 g/mol. The Kier molecular flexibility index (Phi) is 4.32. The fraction of sp³-hybridized carbons (Fsp3) is 0.278. The van der Waals surface area contributed by atoms with Crippen LogP contribution in [0.1, 0.15) is 28.7 Å². The Morgan fingerprint density at radius 3 is 2.48 bits per heavy atom. The molecule has 2 aromatic rings. The van der Waals surface area contributed by atoms with Gasteiger partial charge in [0.2, 0.25) is 0 Å². The zero-order valence-electron chi connectivity index (χ0n) is 12.1. The van der Waals surface area contributed by atoms with Crippen LogP contribution >= 0.6 is 12.2 Å². The maximum Gasteiger partial charge on any atom is 0.103 e. The third-order valence-corrected chi connectivity index (χ3v) is 4.31. The molecule has 0 aliphatic carbocycles. The zero-order valence-corrected chi connectivity index (χ0v) is 12.9. The molecule has 1 aliphatic heterocycles. The van der Waals surface area contributed by atoms with Crippen molar-refractivity contribution in [2.24, 2.45) is 5.73 Å². The summed E-state index contributed by atoms with van der Waals surface area (Å²) >= 11 is 5.00. The Hall–Kier alpha value is -1.71. The van der Waals surface area contributed by atoms with Gasteiger partial charge in [0.1, 0.15) is 4.99 Å². The predicted molar refractivity (Wildman–Crippen MR) is 91.2 cm³/mol. The van der Waals surface area contributed by atoms with Crippen molar-refractivity contribution < 1.29 is 0 Å². The molecule has 0 saturated heterocycles. The van der Waals surface area contributed by atoms with Gasteiger partial charge in [0, 0.05) is 18.7 Å². The third-order valence-electron chi connectivity index (χ3n) is 4.08. The van der Waals surface area contributed by atoms with Gasteiger partial charge in [0.15, 0.2) is 0 Å². The Balaban J connectivity index is 1.71. The minimum Gasteiger partial charge on any atom is -0.389 e. The molecule has 2 N–H and O–H groups in total. The van der Waals surface area contributed by atoms with E-state index in [4.69, 9.17) is 18.0 Å². The Bertz CT molecular complexity index is 634. The highest BCUT2D eigenvalue weighted by Gasteiger charge is 2.14. The van der Waals surface area contributed by atoms with Gasteiger partial charge in [-0.15, -0.1) is 0 Å². The SMILES string of the molecule is NC(=S)c1ccc(CN2CCCc3ccccc3C2)cc1. The number of nitrogens with zero attached hydrogens (tertiary/aromatic N) is 1. The van der Waals surface area contributed by atoms with E-state index in [0.29, 0.717) is 4.99 Å². The number of fused-ring (bicyclic) bond motifs is 1. The largest absolute Gasteiger partial charge is 0.389 e. The maximum atomic E-state index is 5.64. The van der Waals surface area contributed by atoms with Gasteiger partial charge in [0.25, 0.3) is 0 Å². The van der Waals surface area contributed by atoms with Crippen LogP contribution in [0, 0.1) is 0 Å². The van der Waals surface area contributed by atoms with Crippen molar-refractivity contribution in [3.63, 3.8) is 0 Å². The molecule has 3 heteroatoms. The molecule has 2 nitrogen and oxygen atoms in total. The highest BCUT2D eigenvalue weighted by Crippen LogP contribution is 2.20. The number of hydrogen-bond donors (Lipinski definition) is 1. The fourth-order valence-electron chi connectivity index (χ4n) is 2.94. The second kappa shape index (κ2) is 6.37. The first-order chi connectivity index (χ1) is 10.2. The lowest BCUT2D eigenvalue weighted by molar-refractivity contribution is 0.261. The van der Waals surface area contributed by atoms with E-state index in [2.05, 4.69) is 41.3 Å². The van der Waals surface area contributed by atoms with Crippen LogP contribution in [-0.4, -0.2) is 16.4 Å². The number of aryl methyl sites for hydroxylation is 1. The van der Waals surface area contributed by atoms with Gasteiger partial charge < -0.3 is 5.73 Å². The second-order valence-electron chi connectivity index (χ2n) is 5.64. The highest BCUT2D eigenvalue weighted by molar-refractivity contribution is 7.80. The fourth-order valence-corrected chi connectivity index (χ4v) is 3.07. The van der Waals surface area contributed by atoms with Crippen molar-refractivity contribution in [1.82, 2.24) is 4.90 Å². The summed E-state index contributed by atoms with van der Waals surface area (Å²) in [5.74, 6) is 0.